The van der Waals surface area contributed by atoms with E-state index in [1.54, 1.807) is 24.3 Å². The van der Waals surface area contributed by atoms with Crippen molar-refractivity contribution in [3.63, 3.8) is 0 Å². The molecule has 1 aromatic carbocycles. The summed E-state index contributed by atoms with van der Waals surface area (Å²) in [4.78, 5) is 23.0. The summed E-state index contributed by atoms with van der Waals surface area (Å²) >= 11 is 0. The van der Waals surface area contributed by atoms with E-state index in [1.165, 1.54) is 14.0 Å². The number of carbonyl (C=O) groups excluding carboxylic acids is 2. The molecule has 102 valence electrons. The minimum absolute atomic E-state index is 0.0454. The maximum Gasteiger partial charge on any atom is 0.351 e. The summed E-state index contributed by atoms with van der Waals surface area (Å²) in [5.74, 6) is -0.230. The topological polar surface area (TPSA) is 71.1 Å². The van der Waals surface area contributed by atoms with Gasteiger partial charge in [-0.1, -0.05) is 12.1 Å². The summed E-state index contributed by atoms with van der Waals surface area (Å²) in [7, 11) is 1.23. The Morgan fingerprint density at radius 1 is 1.32 bits per heavy atom. The van der Waals surface area contributed by atoms with Gasteiger partial charge in [-0.25, -0.2) is 9.59 Å². The predicted octanol–water partition coefficient (Wildman–Crippen LogP) is 0.931. The Hall–Kier alpha value is -2.24. The third kappa shape index (κ3) is 2.96. The highest BCUT2D eigenvalue weighted by Crippen LogP contribution is 2.31. The lowest BCUT2D eigenvalue weighted by Gasteiger charge is -2.25. The second-order valence-electron chi connectivity index (χ2n) is 3.97. The maximum absolute atomic E-state index is 11.8. The monoisotopic (exact) mass is 266 g/mol. The molecule has 0 amide bonds. The van der Waals surface area contributed by atoms with Gasteiger partial charge < -0.3 is 18.9 Å². The number of para-hydroxylation sites is 2. The number of esters is 2. The first-order valence-corrected chi connectivity index (χ1v) is 5.78. The third-order valence-corrected chi connectivity index (χ3v) is 2.60. The van der Waals surface area contributed by atoms with Crippen LogP contribution in [-0.2, 0) is 19.1 Å². The number of ether oxygens (including phenoxy) is 4. The van der Waals surface area contributed by atoms with E-state index in [9.17, 15) is 9.59 Å². The van der Waals surface area contributed by atoms with E-state index in [0.29, 0.717) is 11.5 Å². The SMILES string of the molecule is COC(=O)[C@@H](C)OC(=O)[C@H]1COc2ccccc2O1. The minimum atomic E-state index is -0.974. The third-order valence-electron chi connectivity index (χ3n) is 2.60. The van der Waals surface area contributed by atoms with Crippen LogP contribution in [0.2, 0.25) is 0 Å². The molecule has 1 aliphatic heterocycles. The number of methoxy groups -OCH3 is 1. The highest BCUT2D eigenvalue weighted by atomic mass is 16.6. The molecule has 2 atom stereocenters. The van der Waals surface area contributed by atoms with Gasteiger partial charge in [0.15, 0.2) is 17.6 Å². The fraction of sp³-hybridized carbons (Fsp3) is 0.385. The predicted molar refractivity (Wildman–Crippen MR) is 63.9 cm³/mol. The lowest BCUT2D eigenvalue weighted by Crippen LogP contribution is -2.40. The molecule has 0 spiro atoms. The summed E-state index contributed by atoms with van der Waals surface area (Å²) in [6, 6.07) is 7.01. The van der Waals surface area contributed by atoms with Crippen molar-refractivity contribution in [3.05, 3.63) is 24.3 Å². The zero-order chi connectivity index (χ0) is 13.8. The molecule has 6 nitrogen and oxygen atoms in total. The molecule has 19 heavy (non-hydrogen) atoms. The molecule has 0 bridgehead atoms. The van der Waals surface area contributed by atoms with Gasteiger partial charge in [0, 0.05) is 0 Å². The highest BCUT2D eigenvalue weighted by Gasteiger charge is 2.31. The van der Waals surface area contributed by atoms with Gasteiger partial charge in [-0.3, -0.25) is 0 Å². The second-order valence-corrected chi connectivity index (χ2v) is 3.97. The van der Waals surface area contributed by atoms with Crippen molar-refractivity contribution in [2.24, 2.45) is 0 Å². The smallest absolute Gasteiger partial charge is 0.351 e. The molecule has 0 fully saturated rings. The van der Waals surface area contributed by atoms with Gasteiger partial charge in [-0.05, 0) is 19.1 Å². The van der Waals surface area contributed by atoms with Crippen LogP contribution in [0.3, 0.4) is 0 Å². The minimum Gasteiger partial charge on any atom is -0.485 e. The van der Waals surface area contributed by atoms with E-state index >= 15 is 0 Å². The lowest BCUT2D eigenvalue weighted by molar-refractivity contribution is -0.171. The van der Waals surface area contributed by atoms with E-state index in [0.717, 1.165) is 0 Å². The Bertz CT molecular complexity index is 484. The normalized spacial score (nSPS) is 18.3. The van der Waals surface area contributed by atoms with Crippen molar-refractivity contribution in [1.82, 2.24) is 0 Å². The molecule has 6 heteroatoms. The van der Waals surface area contributed by atoms with Gasteiger partial charge in [0.1, 0.15) is 6.61 Å². The second kappa shape index (κ2) is 5.60. The van der Waals surface area contributed by atoms with E-state index in [-0.39, 0.29) is 6.61 Å². The van der Waals surface area contributed by atoms with Crippen molar-refractivity contribution in [2.45, 2.75) is 19.1 Å². The van der Waals surface area contributed by atoms with Crippen LogP contribution in [0, 0.1) is 0 Å². The van der Waals surface area contributed by atoms with Gasteiger partial charge in [0.25, 0.3) is 0 Å². The molecular weight excluding hydrogens is 252 g/mol. The standard InChI is InChI=1S/C13H14O6/c1-8(12(14)16-2)18-13(15)11-7-17-9-5-3-4-6-10(9)19-11/h3-6,8,11H,7H2,1-2H3/t8-,11-/m1/s1. The van der Waals surface area contributed by atoms with Crippen LogP contribution in [0.25, 0.3) is 0 Å². The lowest BCUT2D eigenvalue weighted by atomic mass is 10.2. The average molecular weight is 266 g/mol. The fourth-order valence-corrected chi connectivity index (χ4v) is 1.60. The number of carbonyl (C=O) groups is 2. The summed E-state index contributed by atoms with van der Waals surface area (Å²) in [6.45, 7) is 1.48. The van der Waals surface area contributed by atoms with Gasteiger partial charge in [-0.2, -0.15) is 0 Å². The number of hydrogen-bond donors (Lipinski definition) is 0. The molecule has 1 heterocycles. The molecular formula is C13H14O6. The van der Waals surface area contributed by atoms with E-state index in [2.05, 4.69) is 4.74 Å². The first-order valence-electron chi connectivity index (χ1n) is 5.78. The first kappa shape index (κ1) is 13.2. The Kier molecular flexibility index (Phi) is 3.89. The van der Waals surface area contributed by atoms with Crippen LogP contribution in [0.4, 0.5) is 0 Å². The molecule has 1 aromatic rings. The molecule has 0 unspecified atom stereocenters. The molecule has 0 saturated heterocycles. The van der Waals surface area contributed by atoms with Crippen LogP contribution in [0.15, 0.2) is 24.3 Å². The van der Waals surface area contributed by atoms with E-state index < -0.39 is 24.1 Å². The van der Waals surface area contributed by atoms with Crippen molar-refractivity contribution < 1.29 is 28.5 Å². The zero-order valence-corrected chi connectivity index (χ0v) is 10.6. The number of rotatable bonds is 3. The van der Waals surface area contributed by atoms with Gasteiger partial charge in [0.05, 0.1) is 7.11 Å². The maximum atomic E-state index is 11.8. The highest BCUT2D eigenvalue weighted by molar-refractivity contribution is 5.81. The summed E-state index contributed by atoms with van der Waals surface area (Å²) < 4.78 is 20.2. The first-order chi connectivity index (χ1) is 9.11. The van der Waals surface area contributed by atoms with Crippen LogP contribution in [-0.4, -0.2) is 37.9 Å². The number of hydrogen-bond acceptors (Lipinski definition) is 6. The Morgan fingerprint density at radius 2 is 2.00 bits per heavy atom. The molecule has 0 radical (unpaired) electrons. The van der Waals surface area contributed by atoms with Crippen LogP contribution in [0.5, 0.6) is 11.5 Å². The van der Waals surface area contributed by atoms with E-state index in [4.69, 9.17) is 14.2 Å². The van der Waals surface area contributed by atoms with Crippen LogP contribution in [0.1, 0.15) is 6.92 Å². The summed E-state index contributed by atoms with van der Waals surface area (Å²) in [5.41, 5.74) is 0. The zero-order valence-electron chi connectivity index (χ0n) is 10.6. The average Bonchev–Trinajstić information content (AvgIpc) is 2.45. The Morgan fingerprint density at radius 3 is 2.68 bits per heavy atom. The molecule has 0 aromatic heterocycles. The van der Waals surface area contributed by atoms with Gasteiger partial charge >= 0.3 is 11.9 Å². The Balaban J connectivity index is 1.97. The number of fused-ring (bicyclic) bond motifs is 1. The fourth-order valence-electron chi connectivity index (χ4n) is 1.60. The molecule has 2 rings (SSSR count). The van der Waals surface area contributed by atoms with Gasteiger partial charge in [0.2, 0.25) is 6.10 Å². The number of benzene rings is 1. The van der Waals surface area contributed by atoms with Crippen molar-refractivity contribution in [1.29, 1.82) is 0 Å². The quantitative estimate of drug-likeness (QED) is 0.758. The summed E-state index contributed by atoms with van der Waals surface area (Å²) in [6.07, 6.45) is -1.86. The molecule has 0 N–H and O–H groups in total. The van der Waals surface area contributed by atoms with E-state index in [1.807, 2.05) is 0 Å². The molecule has 0 saturated carbocycles. The van der Waals surface area contributed by atoms with Crippen LogP contribution < -0.4 is 9.47 Å². The van der Waals surface area contributed by atoms with Crippen molar-refractivity contribution in [3.8, 4) is 11.5 Å². The molecule has 1 aliphatic rings. The van der Waals surface area contributed by atoms with Gasteiger partial charge in [-0.15, -0.1) is 0 Å². The summed E-state index contributed by atoms with van der Waals surface area (Å²) in [5, 5.41) is 0. The van der Waals surface area contributed by atoms with Crippen molar-refractivity contribution in [2.75, 3.05) is 13.7 Å². The Labute approximate surface area is 110 Å². The van der Waals surface area contributed by atoms with Crippen molar-refractivity contribution >= 4 is 11.9 Å². The largest absolute Gasteiger partial charge is 0.485 e. The molecule has 0 aliphatic carbocycles. The van der Waals surface area contributed by atoms with Crippen LogP contribution >= 0.6 is 0 Å².